The van der Waals surface area contributed by atoms with Gasteiger partial charge in [0.05, 0.1) is 16.4 Å². The molecule has 0 bridgehead atoms. The number of para-hydroxylation sites is 2. The summed E-state index contributed by atoms with van der Waals surface area (Å²) in [5.74, 6) is 1.66. The first-order chi connectivity index (χ1) is 16.9. The number of ether oxygens (including phenoxy) is 1. The predicted octanol–water partition coefficient (Wildman–Crippen LogP) is 7.33. The number of hydrazone groups is 1. The fraction of sp³-hybridized carbons (Fsp3) is 0.0345. The highest BCUT2D eigenvalue weighted by Crippen LogP contribution is 2.45. The zero-order valence-corrected chi connectivity index (χ0v) is 19.1. The standard InChI is InChI=1S/C29H21N3OS/c1-3-11-20(12-4-1)27-22-15-7-9-17-25(22)33-28(21-13-5-2-6-14-21)23(27)19-30-32-29-31-24-16-8-10-18-26(24)34-29/h1-19,27H,(H,31,32)/t27-/m1/s1. The molecule has 0 unspecified atom stereocenters. The third kappa shape index (κ3) is 3.87. The Morgan fingerprint density at radius 1 is 0.794 bits per heavy atom. The molecule has 5 heteroatoms. The lowest BCUT2D eigenvalue weighted by Crippen LogP contribution is -2.17. The van der Waals surface area contributed by atoms with E-state index in [1.165, 1.54) is 5.56 Å². The second-order valence-corrected chi connectivity index (χ2v) is 9.02. The first-order valence-corrected chi connectivity index (χ1v) is 11.9. The van der Waals surface area contributed by atoms with Crippen LogP contribution in [0.1, 0.15) is 22.6 Å². The molecule has 164 valence electrons. The van der Waals surface area contributed by atoms with Gasteiger partial charge in [0.2, 0.25) is 5.13 Å². The summed E-state index contributed by atoms with van der Waals surface area (Å²) in [6.45, 7) is 0. The third-order valence-corrected chi connectivity index (χ3v) is 6.78. The van der Waals surface area contributed by atoms with Crippen LogP contribution in [0.2, 0.25) is 0 Å². The average molecular weight is 460 g/mol. The number of aromatic nitrogens is 1. The zero-order chi connectivity index (χ0) is 22.7. The monoisotopic (exact) mass is 459 g/mol. The normalized spacial score (nSPS) is 15.4. The molecular formula is C29H21N3OS. The van der Waals surface area contributed by atoms with Crippen LogP contribution in [0.5, 0.6) is 5.75 Å². The molecule has 6 rings (SSSR count). The molecule has 1 atom stereocenters. The highest BCUT2D eigenvalue weighted by Gasteiger charge is 2.30. The van der Waals surface area contributed by atoms with E-state index >= 15 is 0 Å². The van der Waals surface area contributed by atoms with Crippen molar-refractivity contribution in [2.24, 2.45) is 5.10 Å². The summed E-state index contributed by atoms with van der Waals surface area (Å²) in [4.78, 5) is 4.63. The van der Waals surface area contributed by atoms with Gasteiger partial charge in [0.15, 0.2) is 0 Å². The smallest absolute Gasteiger partial charge is 0.204 e. The van der Waals surface area contributed by atoms with Crippen molar-refractivity contribution in [1.29, 1.82) is 0 Å². The summed E-state index contributed by atoms with van der Waals surface area (Å²) in [5, 5.41) is 5.38. The van der Waals surface area contributed by atoms with E-state index in [1.807, 2.05) is 60.8 Å². The Morgan fingerprint density at radius 3 is 2.32 bits per heavy atom. The Balaban J connectivity index is 1.46. The summed E-state index contributed by atoms with van der Waals surface area (Å²) in [5.41, 5.74) is 8.41. The second kappa shape index (κ2) is 8.96. The SMILES string of the molecule is C(=NNc1nc2ccccc2s1)C1=C(c2ccccc2)Oc2ccccc2[C@H]1c1ccccc1. The van der Waals surface area contributed by atoms with Crippen molar-refractivity contribution >= 4 is 38.7 Å². The minimum absolute atomic E-state index is 0.0118. The number of nitrogens with zero attached hydrogens (tertiary/aromatic N) is 2. The van der Waals surface area contributed by atoms with Crippen LogP contribution in [0.15, 0.2) is 120 Å². The van der Waals surface area contributed by atoms with Crippen molar-refractivity contribution in [3.05, 3.63) is 131 Å². The molecular weight excluding hydrogens is 438 g/mol. The van der Waals surface area contributed by atoms with E-state index in [9.17, 15) is 0 Å². The van der Waals surface area contributed by atoms with E-state index in [-0.39, 0.29) is 5.92 Å². The molecule has 1 aliphatic heterocycles. The van der Waals surface area contributed by atoms with E-state index in [0.717, 1.165) is 43.6 Å². The van der Waals surface area contributed by atoms with Gasteiger partial charge in [0.25, 0.3) is 0 Å². The van der Waals surface area contributed by atoms with Gasteiger partial charge in [-0.2, -0.15) is 5.10 Å². The molecule has 2 heterocycles. The van der Waals surface area contributed by atoms with Crippen molar-refractivity contribution in [2.75, 3.05) is 5.43 Å². The van der Waals surface area contributed by atoms with Crippen LogP contribution in [0.4, 0.5) is 5.13 Å². The molecule has 0 aliphatic carbocycles. The zero-order valence-electron chi connectivity index (χ0n) is 18.3. The van der Waals surface area contributed by atoms with Gasteiger partial charge in [-0.25, -0.2) is 4.98 Å². The predicted molar refractivity (Wildman–Crippen MR) is 140 cm³/mol. The summed E-state index contributed by atoms with van der Waals surface area (Å²) >= 11 is 1.58. The number of hydrogen-bond acceptors (Lipinski definition) is 5. The van der Waals surface area contributed by atoms with Crippen LogP contribution in [0.25, 0.3) is 16.0 Å². The molecule has 1 N–H and O–H groups in total. The second-order valence-electron chi connectivity index (χ2n) is 7.99. The van der Waals surface area contributed by atoms with Gasteiger partial charge in [-0.1, -0.05) is 102 Å². The molecule has 0 saturated heterocycles. The maximum Gasteiger partial charge on any atom is 0.204 e. The van der Waals surface area contributed by atoms with E-state index in [0.29, 0.717) is 0 Å². The molecule has 5 aromatic rings. The van der Waals surface area contributed by atoms with Gasteiger partial charge in [-0.3, -0.25) is 5.43 Å². The molecule has 34 heavy (non-hydrogen) atoms. The topological polar surface area (TPSA) is 46.5 Å². The lowest BCUT2D eigenvalue weighted by molar-refractivity contribution is 0.489. The molecule has 1 aromatic heterocycles. The molecule has 0 spiro atoms. The number of allylic oxidation sites excluding steroid dienone is 1. The van der Waals surface area contributed by atoms with Gasteiger partial charge in [-0.15, -0.1) is 0 Å². The molecule has 4 nitrogen and oxygen atoms in total. The molecule has 0 amide bonds. The maximum absolute atomic E-state index is 6.48. The first kappa shape index (κ1) is 20.4. The Morgan fingerprint density at radius 2 is 1.50 bits per heavy atom. The number of benzene rings is 4. The molecule has 0 radical (unpaired) electrons. The van der Waals surface area contributed by atoms with Gasteiger partial charge < -0.3 is 4.74 Å². The van der Waals surface area contributed by atoms with Gasteiger partial charge in [0.1, 0.15) is 11.5 Å². The summed E-state index contributed by atoms with van der Waals surface area (Å²) in [6, 6.07) is 37.0. The lowest BCUT2D eigenvalue weighted by atomic mass is 9.82. The number of thiazole rings is 1. The summed E-state index contributed by atoms with van der Waals surface area (Å²) in [7, 11) is 0. The molecule has 4 aromatic carbocycles. The minimum atomic E-state index is -0.0118. The van der Waals surface area contributed by atoms with Crippen molar-refractivity contribution in [3.8, 4) is 5.75 Å². The molecule has 0 fully saturated rings. The van der Waals surface area contributed by atoms with E-state index in [4.69, 9.17) is 4.74 Å². The van der Waals surface area contributed by atoms with Crippen molar-refractivity contribution in [1.82, 2.24) is 4.98 Å². The van der Waals surface area contributed by atoms with E-state index < -0.39 is 0 Å². The number of rotatable bonds is 5. The van der Waals surface area contributed by atoms with E-state index in [2.05, 4.69) is 70.1 Å². The Kier molecular flexibility index (Phi) is 5.38. The third-order valence-electron chi connectivity index (χ3n) is 5.84. The first-order valence-electron chi connectivity index (χ1n) is 11.1. The van der Waals surface area contributed by atoms with Gasteiger partial charge in [-0.05, 0) is 23.8 Å². The van der Waals surface area contributed by atoms with Crippen LogP contribution < -0.4 is 10.2 Å². The summed E-state index contributed by atoms with van der Waals surface area (Å²) < 4.78 is 7.61. The van der Waals surface area contributed by atoms with Crippen molar-refractivity contribution < 1.29 is 4.74 Å². The van der Waals surface area contributed by atoms with Crippen LogP contribution in [0.3, 0.4) is 0 Å². The largest absolute Gasteiger partial charge is 0.456 e. The number of hydrogen-bond donors (Lipinski definition) is 1. The highest BCUT2D eigenvalue weighted by molar-refractivity contribution is 7.22. The van der Waals surface area contributed by atoms with Crippen molar-refractivity contribution in [3.63, 3.8) is 0 Å². The quantitative estimate of drug-likeness (QED) is 0.221. The Hall–Kier alpha value is -4.22. The van der Waals surface area contributed by atoms with Crippen molar-refractivity contribution in [2.45, 2.75) is 5.92 Å². The van der Waals surface area contributed by atoms with Gasteiger partial charge in [0, 0.05) is 22.6 Å². The molecule has 0 saturated carbocycles. The average Bonchev–Trinajstić information content (AvgIpc) is 3.32. The van der Waals surface area contributed by atoms with Crippen LogP contribution in [0, 0.1) is 0 Å². The number of fused-ring (bicyclic) bond motifs is 2. The van der Waals surface area contributed by atoms with Crippen LogP contribution in [-0.4, -0.2) is 11.2 Å². The lowest BCUT2D eigenvalue weighted by Gasteiger charge is -2.29. The maximum atomic E-state index is 6.48. The number of anilines is 1. The molecule has 1 aliphatic rings. The Bertz CT molecular complexity index is 1470. The Labute approximate surface area is 201 Å². The van der Waals surface area contributed by atoms with Crippen LogP contribution in [-0.2, 0) is 0 Å². The fourth-order valence-electron chi connectivity index (χ4n) is 4.31. The van der Waals surface area contributed by atoms with Crippen LogP contribution >= 0.6 is 11.3 Å². The van der Waals surface area contributed by atoms with E-state index in [1.54, 1.807) is 11.3 Å². The minimum Gasteiger partial charge on any atom is -0.456 e. The van der Waals surface area contributed by atoms with Gasteiger partial charge >= 0.3 is 0 Å². The highest BCUT2D eigenvalue weighted by atomic mass is 32.1. The number of nitrogens with one attached hydrogen (secondary N) is 1. The summed E-state index contributed by atoms with van der Waals surface area (Å²) in [6.07, 6.45) is 1.88. The fourth-order valence-corrected chi connectivity index (χ4v) is 5.12.